The molecule has 2 N–H and O–H groups in total. The Hall–Kier alpha value is -3.00. The van der Waals surface area contributed by atoms with Crippen molar-refractivity contribution in [3.05, 3.63) is 47.3 Å². The van der Waals surface area contributed by atoms with Crippen molar-refractivity contribution in [2.24, 2.45) is 4.99 Å². The first kappa shape index (κ1) is 23.3. The van der Waals surface area contributed by atoms with Crippen LogP contribution in [0, 0.1) is 13.8 Å². The molecule has 8 nitrogen and oxygen atoms in total. The number of hydrogen-bond acceptors (Lipinski definition) is 4. The number of nitrogens with one attached hydrogen (secondary N) is 2. The summed E-state index contributed by atoms with van der Waals surface area (Å²) in [6.45, 7) is 6.01. The second kappa shape index (κ2) is 11.3. The highest BCUT2D eigenvalue weighted by Gasteiger charge is 2.15. The number of nitrogens with zero attached hydrogens (tertiary/aromatic N) is 3. The van der Waals surface area contributed by atoms with Crippen molar-refractivity contribution in [3.63, 3.8) is 0 Å². The minimum atomic E-state index is -0.0979. The monoisotopic (exact) mass is 415 g/mol. The Kier molecular flexibility index (Phi) is 8.73. The van der Waals surface area contributed by atoms with Gasteiger partial charge >= 0.3 is 0 Å². The van der Waals surface area contributed by atoms with Gasteiger partial charge in [0.25, 0.3) is 0 Å². The van der Waals surface area contributed by atoms with E-state index in [0.717, 1.165) is 22.8 Å². The molecule has 1 aromatic carbocycles. The fraction of sp³-hybridized carbons (Fsp3) is 0.455. The predicted octanol–water partition coefficient (Wildman–Crippen LogP) is 1.87. The van der Waals surface area contributed by atoms with Crippen LogP contribution in [0.5, 0.6) is 5.75 Å². The zero-order valence-corrected chi connectivity index (χ0v) is 18.8. The van der Waals surface area contributed by atoms with Crippen molar-refractivity contribution in [2.45, 2.75) is 20.4 Å². The van der Waals surface area contributed by atoms with Crippen molar-refractivity contribution in [1.29, 1.82) is 0 Å². The van der Waals surface area contributed by atoms with E-state index in [1.807, 2.05) is 24.1 Å². The Balaban J connectivity index is 2.05. The van der Waals surface area contributed by atoms with Crippen molar-refractivity contribution in [3.8, 4) is 11.4 Å². The summed E-state index contributed by atoms with van der Waals surface area (Å²) >= 11 is 0. The quantitative estimate of drug-likeness (QED) is 0.371. The third kappa shape index (κ3) is 6.00. The molecule has 1 aromatic heterocycles. The van der Waals surface area contributed by atoms with E-state index in [2.05, 4.69) is 52.2 Å². The zero-order valence-electron chi connectivity index (χ0n) is 18.8. The lowest BCUT2D eigenvalue weighted by Crippen LogP contribution is -2.44. The van der Waals surface area contributed by atoms with Gasteiger partial charge in [-0.2, -0.15) is 0 Å². The number of carbonyl (C=O) groups excluding carboxylic acids is 1. The molecule has 164 valence electrons. The van der Waals surface area contributed by atoms with Gasteiger partial charge in [0.15, 0.2) is 5.96 Å². The van der Waals surface area contributed by atoms with Gasteiger partial charge < -0.3 is 29.6 Å². The van der Waals surface area contributed by atoms with E-state index in [-0.39, 0.29) is 12.5 Å². The molecule has 0 radical (unpaired) electrons. The van der Waals surface area contributed by atoms with Gasteiger partial charge in [0.1, 0.15) is 5.75 Å². The third-order valence-electron chi connectivity index (χ3n) is 4.88. The van der Waals surface area contributed by atoms with Gasteiger partial charge in [-0.05, 0) is 49.7 Å². The molecule has 0 saturated carbocycles. The number of hydrogen-bond donors (Lipinski definition) is 2. The Labute approximate surface area is 178 Å². The van der Waals surface area contributed by atoms with E-state index < -0.39 is 0 Å². The number of methoxy groups -OCH3 is 2. The predicted molar refractivity (Wildman–Crippen MR) is 120 cm³/mol. The van der Waals surface area contributed by atoms with Crippen LogP contribution in [0.15, 0.2) is 35.3 Å². The van der Waals surface area contributed by atoms with Crippen LogP contribution in [0.2, 0.25) is 0 Å². The first-order valence-corrected chi connectivity index (χ1v) is 9.91. The maximum atomic E-state index is 11.9. The molecule has 1 amide bonds. The summed E-state index contributed by atoms with van der Waals surface area (Å²) < 4.78 is 12.4. The van der Waals surface area contributed by atoms with Crippen LogP contribution < -0.4 is 15.4 Å². The molecular formula is C22H33N5O3. The maximum absolute atomic E-state index is 11.9. The number of benzene rings is 1. The standard InChI is InChI=1S/C22H33N5O3/c1-16-13-18(17(2)27(16)19-7-9-20(30-6)10-8-19)15-26(4)22(23-3)25-14-21(28)24-11-12-29-5/h7-10,13H,11-12,14-15H2,1-6H3,(H,23,25)(H,24,28). The summed E-state index contributed by atoms with van der Waals surface area (Å²) in [6.07, 6.45) is 0. The second-order valence-electron chi connectivity index (χ2n) is 7.03. The average Bonchev–Trinajstić information content (AvgIpc) is 3.01. The molecule has 30 heavy (non-hydrogen) atoms. The smallest absolute Gasteiger partial charge is 0.239 e. The van der Waals surface area contributed by atoms with Crippen LogP contribution in [0.3, 0.4) is 0 Å². The van der Waals surface area contributed by atoms with Gasteiger partial charge in [0, 0.05) is 51.4 Å². The fourth-order valence-corrected chi connectivity index (χ4v) is 3.35. The zero-order chi connectivity index (χ0) is 22.1. The Bertz CT molecular complexity index is 858. The van der Waals surface area contributed by atoms with Crippen molar-refractivity contribution < 1.29 is 14.3 Å². The molecule has 0 atom stereocenters. The fourth-order valence-electron chi connectivity index (χ4n) is 3.35. The summed E-state index contributed by atoms with van der Waals surface area (Å²) in [5.74, 6) is 1.40. The van der Waals surface area contributed by atoms with Gasteiger partial charge in [-0.25, -0.2) is 0 Å². The molecule has 1 heterocycles. The van der Waals surface area contributed by atoms with Gasteiger partial charge in [-0.1, -0.05) is 0 Å². The Morgan fingerprint density at radius 2 is 1.87 bits per heavy atom. The highest BCUT2D eigenvalue weighted by Crippen LogP contribution is 2.23. The number of amides is 1. The Morgan fingerprint density at radius 1 is 1.17 bits per heavy atom. The lowest BCUT2D eigenvalue weighted by Gasteiger charge is -2.22. The van der Waals surface area contributed by atoms with Crippen LogP contribution in [0.1, 0.15) is 17.0 Å². The molecule has 0 aliphatic heterocycles. The topological polar surface area (TPSA) is 80.1 Å². The summed E-state index contributed by atoms with van der Waals surface area (Å²) in [6, 6.07) is 10.2. The molecule has 0 fully saturated rings. The van der Waals surface area contributed by atoms with Crippen molar-refractivity contribution in [2.75, 3.05) is 48.0 Å². The van der Waals surface area contributed by atoms with Crippen LogP contribution in [0.4, 0.5) is 0 Å². The van der Waals surface area contributed by atoms with E-state index in [0.29, 0.717) is 25.7 Å². The number of rotatable bonds is 9. The molecular weight excluding hydrogens is 382 g/mol. The van der Waals surface area contributed by atoms with Crippen LogP contribution in [-0.2, 0) is 16.1 Å². The summed E-state index contributed by atoms with van der Waals surface area (Å²) in [5.41, 5.74) is 4.60. The molecule has 8 heteroatoms. The number of aromatic nitrogens is 1. The van der Waals surface area contributed by atoms with E-state index in [1.54, 1.807) is 21.3 Å². The number of guanidine groups is 1. The largest absolute Gasteiger partial charge is 0.497 e. The third-order valence-corrected chi connectivity index (χ3v) is 4.88. The first-order chi connectivity index (χ1) is 14.4. The molecule has 0 aliphatic rings. The van der Waals surface area contributed by atoms with E-state index >= 15 is 0 Å². The second-order valence-corrected chi connectivity index (χ2v) is 7.03. The maximum Gasteiger partial charge on any atom is 0.239 e. The molecule has 2 aromatic rings. The van der Waals surface area contributed by atoms with Gasteiger partial charge in [-0.3, -0.25) is 9.79 Å². The molecule has 0 spiro atoms. The lowest BCUT2D eigenvalue weighted by atomic mass is 10.2. The number of carbonyl (C=O) groups is 1. The highest BCUT2D eigenvalue weighted by molar-refractivity contribution is 5.86. The van der Waals surface area contributed by atoms with Crippen LogP contribution in [-0.4, -0.2) is 69.3 Å². The minimum absolute atomic E-state index is 0.0979. The van der Waals surface area contributed by atoms with Crippen LogP contribution in [0.25, 0.3) is 5.69 Å². The normalized spacial score (nSPS) is 11.3. The van der Waals surface area contributed by atoms with Gasteiger partial charge in [-0.15, -0.1) is 0 Å². The average molecular weight is 416 g/mol. The number of aryl methyl sites for hydroxylation is 1. The molecule has 0 unspecified atom stereocenters. The molecule has 2 rings (SSSR count). The van der Waals surface area contributed by atoms with E-state index in [1.165, 1.54) is 5.56 Å². The molecule has 0 aliphatic carbocycles. The summed E-state index contributed by atoms with van der Waals surface area (Å²) in [7, 11) is 6.94. The lowest BCUT2D eigenvalue weighted by molar-refractivity contribution is -0.120. The number of aliphatic imine (C=N–C) groups is 1. The molecule has 0 bridgehead atoms. The minimum Gasteiger partial charge on any atom is -0.497 e. The van der Waals surface area contributed by atoms with Crippen molar-refractivity contribution in [1.82, 2.24) is 20.1 Å². The molecule has 0 saturated heterocycles. The SMILES string of the molecule is CN=C(NCC(=O)NCCOC)N(C)Cc1cc(C)n(-c2ccc(OC)cc2)c1C. The number of ether oxygens (including phenoxy) is 2. The van der Waals surface area contributed by atoms with E-state index in [4.69, 9.17) is 9.47 Å². The van der Waals surface area contributed by atoms with Gasteiger partial charge in [0.2, 0.25) is 5.91 Å². The summed E-state index contributed by atoms with van der Waals surface area (Å²) in [5, 5.41) is 5.89. The Morgan fingerprint density at radius 3 is 2.47 bits per heavy atom. The highest BCUT2D eigenvalue weighted by atomic mass is 16.5. The first-order valence-electron chi connectivity index (χ1n) is 9.91. The van der Waals surface area contributed by atoms with Crippen molar-refractivity contribution >= 4 is 11.9 Å². The van der Waals surface area contributed by atoms with E-state index in [9.17, 15) is 4.79 Å². The summed E-state index contributed by atoms with van der Waals surface area (Å²) in [4.78, 5) is 18.2. The van der Waals surface area contributed by atoms with Gasteiger partial charge in [0.05, 0.1) is 20.3 Å². The van der Waals surface area contributed by atoms with Crippen LogP contribution >= 0.6 is 0 Å².